The molecule has 0 bridgehead atoms. The van der Waals surface area contributed by atoms with Crippen LogP contribution in [-0.2, 0) is 4.74 Å². The molecule has 0 aliphatic carbocycles. The van der Waals surface area contributed by atoms with Crippen LogP contribution in [0.5, 0.6) is 5.75 Å². The molecule has 2 heterocycles. The van der Waals surface area contributed by atoms with Crippen LogP contribution in [0.25, 0.3) is 0 Å². The molecule has 1 fully saturated rings. The highest BCUT2D eigenvalue weighted by Gasteiger charge is 2.15. The topological polar surface area (TPSA) is 60.5 Å². The van der Waals surface area contributed by atoms with Gasteiger partial charge in [0.05, 0.1) is 11.7 Å². The average molecular weight is 298 g/mol. The van der Waals surface area contributed by atoms with Crippen molar-refractivity contribution in [2.75, 3.05) is 18.5 Å². The van der Waals surface area contributed by atoms with Crippen LogP contribution in [0.3, 0.4) is 0 Å². The second kappa shape index (κ2) is 7.04. The van der Waals surface area contributed by atoms with Crippen LogP contribution in [0.15, 0.2) is 48.8 Å². The summed E-state index contributed by atoms with van der Waals surface area (Å²) in [7, 11) is 0. The van der Waals surface area contributed by atoms with Gasteiger partial charge in [-0.2, -0.15) is 0 Å². The number of amides is 1. The van der Waals surface area contributed by atoms with Gasteiger partial charge in [0, 0.05) is 24.7 Å². The SMILES string of the molecule is O=C(Nc1ccc(OCC2CCCO2)cc1)c1cccnc1. The highest BCUT2D eigenvalue weighted by Crippen LogP contribution is 2.18. The summed E-state index contributed by atoms with van der Waals surface area (Å²) < 4.78 is 11.2. The molecular weight excluding hydrogens is 280 g/mol. The van der Waals surface area contributed by atoms with Crippen LogP contribution in [-0.4, -0.2) is 30.2 Å². The molecule has 1 saturated heterocycles. The van der Waals surface area contributed by atoms with Gasteiger partial charge in [0.1, 0.15) is 12.4 Å². The van der Waals surface area contributed by atoms with Crippen molar-refractivity contribution in [3.63, 3.8) is 0 Å². The standard InChI is InChI=1S/C17H18N2O3/c20-17(13-3-1-9-18-11-13)19-14-5-7-15(8-6-14)22-12-16-4-2-10-21-16/h1,3,5-9,11,16H,2,4,10,12H2,(H,19,20). The lowest BCUT2D eigenvalue weighted by Gasteiger charge is -2.12. The molecule has 0 saturated carbocycles. The monoisotopic (exact) mass is 298 g/mol. The van der Waals surface area contributed by atoms with Gasteiger partial charge in [0.15, 0.2) is 0 Å². The number of ether oxygens (including phenoxy) is 2. The number of anilines is 1. The predicted octanol–water partition coefficient (Wildman–Crippen LogP) is 2.89. The summed E-state index contributed by atoms with van der Waals surface area (Å²) in [6.45, 7) is 1.40. The zero-order chi connectivity index (χ0) is 15.2. The highest BCUT2D eigenvalue weighted by molar-refractivity contribution is 6.04. The van der Waals surface area contributed by atoms with Gasteiger partial charge in [-0.25, -0.2) is 0 Å². The number of nitrogens with one attached hydrogen (secondary N) is 1. The van der Waals surface area contributed by atoms with Gasteiger partial charge in [0.25, 0.3) is 5.91 Å². The number of carbonyl (C=O) groups is 1. The molecule has 22 heavy (non-hydrogen) atoms. The smallest absolute Gasteiger partial charge is 0.257 e. The Kier molecular flexibility index (Phi) is 4.65. The van der Waals surface area contributed by atoms with Gasteiger partial charge in [-0.1, -0.05) is 0 Å². The predicted molar refractivity (Wildman–Crippen MR) is 83.1 cm³/mol. The molecule has 1 aromatic heterocycles. The number of benzene rings is 1. The maximum atomic E-state index is 12.0. The van der Waals surface area contributed by atoms with E-state index in [0.717, 1.165) is 30.9 Å². The van der Waals surface area contributed by atoms with Crippen molar-refractivity contribution >= 4 is 11.6 Å². The number of carbonyl (C=O) groups excluding carboxylic acids is 1. The first-order valence-electron chi connectivity index (χ1n) is 7.37. The Morgan fingerprint density at radius 1 is 1.32 bits per heavy atom. The highest BCUT2D eigenvalue weighted by atomic mass is 16.5. The maximum Gasteiger partial charge on any atom is 0.257 e. The third-order valence-corrected chi connectivity index (χ3v) is 3.50. The summed E-state index contributed by atoms with van der Waals surface area (Å²) in [5, 5.41) is 2.82. The maximum absolute atomic E-state index is 12.0. The first kappa shape index (κ1) is 14.5. The van der Waals surface area contributed by atoms with E-state index in [4.69, 9.17) is 9.47 Å². The molecule has 1 atom stereocenters. The largest absolute Gasteiger partial charge is 0.491 e. The van der Waals surface area contributed by atoms with Crippen molar-refractivity contribution in [2.24, 2.45) is 0 Å². The van der Waals surface area contributed by atoms with E-state index in [1.165, 1.54) is 6.20 Å². The summed E-state index contributed by atoms with van der Waals surface area (Å²) in [4.78, 5) is 15.9. The lowest BCUT2D eigenvalue weighted by atomic mass is 10.2. The normalized spacial score (nSPS) is 17.2. The minimum absolute atomic E-state index is 0.180. The first-order valence-corrected chi connectivity index (χ1v) is 7.37. The van der Waals surface area contributed by atoms with Crippen LogP contribution in [0.2, 0.25) is 0 Å². The third kappa shape index (κ3) is 3.83. The fourth-order valence-corrected chi connectivity index (χ4v) is 2.30. The molecule has 1 unspecified atom stereocenters. The molecule has 1 aliphatic heterocycles. The van der Waals surface area contributed by atoms with Crippen LogP contribution < -0.4 is 10.1 Å². The molecule has 3 rings (SSSR count). The van der Waals surface area contributed by atoms with Gasteiger partial charge in [-0.15, -0.1) is 0 Å². The van der Waals surface area contributed by atoms with Crippen molar-refractivity contribution < 1.29 is 14.3 Å². The average Bonchev–Trinajstić information content (AvgIpc) is 3.08. The van der Waals surface area contributed by atoms with E-state index in [0.29, 0.717) is 12.2 Å². The van der Waals surface area contributed by atoms with E-state index in [1.807, 2.05) is 24.3 Å². The quantitative estimate of drug-likeness (QED) is 0.922. The van der Waals surface area contributed by atoms with E-state index in [-0.39, 0.29) is 12.0 Å². The number of nitrogens with zero attached hydrogens (tertiary/aromatic N) is 1. The lowest BCUT2D eigenvalue weighted by Crippen LogP contribution is -2.16. The van der Waals surface area contributed by atoms with Crippen LogP contribution >= 0.6 is 0 Å². The molecule has 2 aromatic rings. The third-order valence-electron chi connectivity index (χ3n) is 3.50. The Labute approximate surface area is 129 Å². The molecule has 5 nitrogen and oxygen atoms in total. The molecule has 1 amide bonds. The zero-order valence-electron chi connectivity index (χ0n) is 12.2. The van der Waals surface area contributed by atoms with Gasteiger partial charge in [0.2, 0.25) is 0 Å². The molecule has 0 spiro atoms. The molecule has 5 heteroatoms. The summed E-state index contributed by atoms with van der Waals surface area (Å²) in [5.74, 6) is 0.594. The lowest BCUT2D eigenvalue weighted by molar-refractivity contribution is 0.0679. The summed E-state index contributed by atoms with van der Waals surface area (Å²) in [5.41, 5.74) is 1.25. The Balaban J connectivity index is 1.53. The van der Waals surface area contributed by atoms with Crippen molar-refractivity contribution in [3.8, 4) is 5.75 Å². The van der Waals surface area contributed by atoms with Crippen LogP contribution in [0, 0.1) is 0 Å². The van der Waals surface area contributed by atoms with Crippen molar-refractivity contribution in [1.29, 1.82) is 0 Å². The van der Waals surface area contributed by atoms with Crippen molar-refractivity contribution in [3.05, 3.63) is 54.4 Å². The number of hydrogen-bond acceptors (Lipinski definition) is 4. The van der Waals surface area contributed by atoms with Gasteiger partial charge in [-0.3, -0.25) is 9.78 Å². The summed E-state index contributed by atoms with van der Waals surface area (Å²) in [6, 6.07) is 10.8. The van der Waals surface area contributed by atoms with Crippen molar-refractivity contribution in [2.45, 2.75) is 18.9 Å². The fraction of sp³-hybridized carbons (Fsp3) is 0.294. The summed E-state index contributed by atoms with van der Waals surface area (Å²) in [6.07, 6.45) is 5.53. The molecular formula is C17H18N2O3. The zero-order valence-corrected chi connectivity index (χ0v) is 12.2. The van der Waals surface area contributed by atoms with Crippen LogP contribution in [0.4, 0.5) is 5.69 Å². The molecule has 1 aliphatic rings. The van der Waals surface area contributed by atoms with Gasteiger partial charge >= 0.3 is 0 Å². The minimum atomic E-state index is -0.180. The Morgan fingerprint density at radius 3 is 2.86 bits per heavy atom. The minimum Gasteiger partial charge on any atom is -0.491 e. The first-order chi connectivity index (χ1) is 10.8. The van der Waals surface area contributed by atoms with E-state index < -0.39 is 0 Å². The fourth-order valence-electron chi connectivity index (χ4n) is 2.30. The molecule has 1 aromatic carbocycles. The number of hydrogen-bond donors (Lipinski definition) is 1. The van der Waals surface area contributed by atoms with Gasteiger partial charge < -0.3 is 14.8 Å². The van der Waals surface area contributed by atoms with E-state index in [1.54, 1.807) is 18.3 Å². The molecule has 1 N–H and O–H groups in total. The Hall–Kier alpha value is -2.40. The summed E-state index contributed by atoms with van der Waals surface area (Å²) >= 11 is 0. The van der Waals surface area contributed by atoms with E-state index >= 15 is 0 Å². The molecule has 0 radical (unpaired) electrons. The number of rotatable bonds is 5. The number of aromatic nitrogens is 1. The Bertz CT molecular complexity index is 608. The second-order valence-corrected chi connectivity index (χ2v) is 5.17. The molecule has 114 valence electrons. The van der Waals surface area contributed by atoms with Crippen molar-refractivity contribution in [1.82, 2.24) is 4.98 Å². The van der Waals surface area contributed by atoms with E-state index in [9.17, 15) is 4.79 Å². The van der Waals surface area contributed by atoms with Gasteiger partial charge in [-0.05, 0) is 49.2 Å². The number of pyridine rings is 1. The Morgan fingerprint density at radius 2 is 2.18 bits per heavy atom. The van der Waals surface area contributed by atoms with E-state index in [2.05, 4.69) is 10.3 Å². The second-order valence-electron chi connectivity index (χ2n) is 5.17. The van der Waals surface area contributed by atoms with Crippen LogP contribution in [0.1, 0.15) is 23.2 Å².